The first-order chi connectivity index (χ1) is 6.65. The summed E-state index contributed by atoms with van der Waals surface area (Å²) >= 11 is 0. The van der Waals surface area contributed by atoms with Crippen LogP contribution in [0.1, 0.15) is 11.1 Å². The Morgan fingerprint density at radius 2 is 2.36 bits per heavy atom. The van der Waals surface area contributed by atoms with E-state index in [1.165, 1.54) is 6.07 Å². The Bertz CT molecular complexity index is 410. The molecule has 14 heavy (non-hydrogen) atoms. The molecule has 0 aliphatic rings. The van der Waals surface area contributed by atoms with E-state index in [9.17, 15) is 10.1 Å². The van der Waals surface area contributed by atoms with Gasteiger partial charge in [-0.25, -0.2) is 0 Å². The van der Waals surface area contributed by atoms with Gasteiger partial charge in [0.1, 0.15) is 0 Å². The van der Waals surface area contributed by atoms with Crippen LogP contribution in [0.2, 0.25) is 0 Å². The Hall–Kier alpha value is -2.07. The van der Waals surface area contributed by atoms with Gasteiger partial charge in [0.25, 0.3) is 5.69 Å². The molecular weight excluding hydrogens is 184 g/mol. The second-order valence-corrected chi connectivity index (χ2v) is 2.77. The predicted octanol–water partition coefficient (Wildman–Crippen LogP) is 2.71. The molecular formula is C8H8N4O2. The molecule has 72 valence electrons. The average molecular weight is 192 g/mol. The highest BCUT2D eigenvalue weighted by Gasteiger charge is 2.09. The van der Waals surface area contributed by atoms with Gasteiger partial charge >= 0.3 is 0 Å². The lowest BCUT2D eigenvalue weighted by Crippen LogP contribution is -1.92. The first kappa shape index (κ1) is 10.0. The Morgan fingerprint density at radius 3 is 2.86 bits per heavy atom. The summed E-state index contributed by atoms with van der Waals surface area (Å²) < 4.78 is 0. The summed E-state index contributed by atoms with van der Waals surface area (Å²) in [6, 6.07) is 4.64. The number of nitro groups is 1. The fraction of sp³-hybridized carbons (Fsp3) is 0.250. The summed E-state index contributed by atoms with van der Waals surface area (Å²) in [7, 11) is 0. The van der Waals surface area contributed by atoms with E-state index in [0.29, 0.717) is 5.56 Å². The molecule has 0 aromatic heterocycles. The molecule has 0 heterocycles. The molecule has 6 heteroatoms. The fourth-order valence-corrected chi connectivity index (χ4v) is 1.13. The molecule has 0 unspecified atom stereocenters. The zero-order valence-electron chi connectivity index (χ0n) is 7.54. The number of aryl methyl sites for hydroxylation is 1. The highest BCUT2D eigenvalue weighted by molar-refractivity contribution is 5.41. The number of benzene rings is 1. The third-order valence-electron chi connectivity index (χ3n) is 1.77. The Morgan fingerprint density at radius 1 is 1.64 bits per heavy atom. The van der Waals surface area contributed by atoms with Crippen LogP contribution in [0.4, 0.5) is 5.69 Å². The standard InChI is InChI=1S/C8H8N4O2/c1-6-4-7(5-10-11-9)2-3-8(6)12(13)14/h2-4H,5H2,1H3. The third-order valence-corrected chi connectivity index (χ3v) is 1.77. The molecule has 0 saturated heterocycles. The molecule has 1 rings (SSSR count). The Kier molecular flexibility index (Phi) is 3.04. The quantitative estimate of drug-likeness (QED) is 0.242. The van der Waals surface area contributed by atoms with Gasteiger partial charge in [-0.1, -0.05) is 11.2 Å². The van der Waals surface area contributed by atoms with Crippen LogP contribution in [0.3, 0.4) is 0 Å². The van der Waals surface area contributed by atoms with Gasteiger partial charge in [0.05, 0.1) is 11.5 Å². The van der Waals surface area contributed by atoms with Gasteiger partial charge in [0.15, 0.2) is 0 Å². The van der Waals surface area contributed by atoms with Crippen LogP contribution in [0, 0.1) is 17.0 Å². The molecule has 0 aliphatic carbocycles. The second-order valence-electron chi connectivity index (χ2n) is 2.77. The molecule has 0 atom stereocenters. The lowest BCUT2D eigenvalue weighted by Gasteiger charge is -1.99. The maximum absolute atomic E-state index is 10.5. The highest BCUT2D eigenvalue weighted by Crippen LogP contribution is 2.18. The summed E-state index contributed by atoms with van der Waals surface area (Å²) in [5.74, 6) is 0. The summed E-state index contributed by atoms with van der Waals surface area (Å²) in [6.07, 6.45) is 0. The molecule has 0 aliphatic heterocycles. The van der Waals surface area contributed by atoms with E-state index in [1.54, 1.807) is 19.1 Å². The van der Waals surface area contributed by atoms with Crippen LogP contribution < -0.4 is 0 Å². The van der Waals surface area contributed by atoms with Crippen molar-refractivity contribution in [1.82, 2.24) is 0 Å². The Labute approximate surface area is 79.9 Å². The second kappa shape index (κ2) is 4.25. The largest absolute Gasteiger partial charge is 0.272 e. The molecule has 0 N–H and O–H groups in total. The van der Waals surface area contributed by atoms with Gasteiger partial charge in [0.2, 0.25) is 0 Å². The van der Waals surface area contributed by atoms with Crippen LogP contribution in [-0.4, -0.2) is 4.92 Å². The summed E-state index contributed by atoms with van der Waals surface area (Å²) in [5.41, 5.74) is 9.51. The number of nitro benzene ring substituents is 1. The number of rotatable bonds is 3. The number of hydrogen-bond donors (Lipinski definition) is 0. The van der Waals surface area contributed by atoms with E-state index in [2.05, 4.69) is 10.0 Å². The van der Waals surface area contributed by atoms with Crippen molar-refractivity contribution < 1.29 is 4.92 Å². The number of nitrogens with zero attached hydrogens (tertiary/aromatic N) is 4. The fourth-order valence-electron chi connectivity index (χ4n) is 1.13. The molecule has 0 saturated carbocycles. The smallest absolute Gasteiger partial charge is 0.258 e. The molecule has 0 bridgehead atoms. The van der Waals surface area contributed by atoms with Gasteiger partial charge in [-0.2, -0.15) is 0 Å². The highest BCUT2D eigenvalue weighted by atomic mass is 16.6. The normalized spacial score (nSPS) is 9.21. The van der Waals surface area contributed by atoms with Crippen LogP contribution in [-0.2, 0) is 6.54 Å². The van der Waals surface area contributed by atoms with Crippen molar-refractivity contribution >= 4 is 5.69 Å². The SMILES string of the molecule is Cc1cc(CN=[N+]=[N-])ccc1[N+](=O)[O-]. The van der Waals surface area contributed by atoms with E-state index in [4.69, 9.17) is 5.53 Å². The predicted molar refractivity (Wildman–Crippen MR) is 50.7 cm³/mol. The zero-order chi connectivity index (χ0) is 10.6. The van der Waals surface area contributed by atoms with Gasteiger partial charge in [0, 0.05) is 16.5 Å². The molecule has 0 fully saturated rings. The van der Waals surface area contributed by atoms with E-state index in [1.807, 2.05) is 0 Å². The third kappa shape index (κ3) is 2.21. The lowest BCUT2D eigenvalue weighted by atomic mass is 10.1. The maximum Gasteiger partial charge on any atom is 0.272 e. The molecule has 1 aromatic rings. The molecule has 0 radical (unpaired) electrons. The monoisotopic (exact) mass is 192 g/mol. The first-order valence-corrected chi connectivity index (χ1v) is 3.90. The topological polar surface area (TPSA) is 91.9 Å². The van der Waals surface area contributed by atoms with Crippen molar-refractivity contribution in [3.63, 3.8) is 0 Å². The van der Waals surface area contributed by atoms with Crippen LogP contribution in [0.5, 0.6) is 0 Å². The molecule has 0 amide bonds. The van der Waals surface area contributed by atoms with Crippen molar-refractivity contribution in [2.75, 3.05) is 0 Å². The van der Waals surface area contributed by atoms with Crippen molar-refractivity contribution in [1.29, 1.82) is 0 Å². The van der Waals surface area contributed by atoms with Crippen molar-refractivity contribution in [3.05, 3.63) is 49.9 Å². The minimum absolute atomic E-state index is 0.0784. The van der Waals surface area contributed by atoms with Crippen LogP contribution in [0.15, 0.2) is 23.3 Å². The van der Waals surface area contributed by atoms with Gasteiger partial charge in [-0.15, -0.1) is 0 Å². The van der Waals surface area contributed by atoms with Gasteiger partial charge in [-0.3, -0.25) is 10.1 Å². The van der Waals surface area contributed by atoms with E-state index < -0.39 is 4.92 Å². The summed E-state index contributed by atoms with van der Waals surface area (Å²) in [5, 5.41) is 13.8. The van der Waals surface area contributed by atoms with Crippen molar-refractivity contribution in [2.45, 2.75) is 13.5 Å². The number of azide groups is 1. The van der Waals surface area contributed by atoms with E-state index >= 15 is 0 Å². The Balaban J connectivity index is 3.00. The molecule has 0 spiro atoms. The average Bonchev–Trinajstić information content (AvgIpc) is 2.14. The van der Waals surface area contributed by atoms with Gasteiger partial charge < -0.3 is 0 Å². The summed E-state index contributed by atoms with van der Waals surface area (Å²) in [4.78, 5) is 12.6. The van der Waals surface area contributed by atoms with E-state index in [0.717, 1.165) is 5.56 Å². The summed E-state index contributed by atoms with van der Waals surface area (Å²) in [6.45, 7) is 1.87. The maximum atomic E-state index is 10.5. The lowest BCUT2D eigenvalue weighted by molar-refractivity contribution is -0.385. The number of hydrogen-bond acceptors (Lipinski definition) is 3. The minimum atomic E-state index is -0.438. The van der Waals surface area contributed by atoms with Crippen LogP contribution >= 0.6 is 0 Å². The minimum Gasteiger partial charge on any atom is -0.258 e. The first-order valence-electron chi connectivity index (χ1n) is 3.90. The van der Waals surface area contributed by atoms with Crippen molar-refractivity contribution in [2.24, 2.45) is 5.11 Å². The van der Waals surface area contributed by atoms with E-state index in [-0.39, 0.29) is 12.2 Å². The molecule has 6 nitrogen and oxygen atoms in total. The molecule has 1 aromatic carbocycles. The zero-order valence-corrected chi connectivity index (χ0v) is 7.54. The van der Waals surface area contributed by atoms with Gasteiger partial charge in [-0.05, 0) is 24.1 Å². The van der Waals surface area contributed by atoms with Crippen LogP contribution in [0.25, 0.3) is 10.4 Å². The van der Waals surface area contributed by atoms with Crippen molar-refractivity contribution in [3.8, 4) is 0 Å².